The second-order valence-corrected chi connectivity index (χ2v) is 16.7. The smallest absolute Gasteiger partial charge is 0.239 e. The second-order valence-electron chi connectivity index (χ2n) is 14.1. The van der Waals surface area contributed by atoms with Crippen LogP contribution in [0, 0.1) is 11.2 Å². The van der Waals surface area contributed by atoms with Gasteiger partial charge in [0.25, 0.3) is 0 Å². The first-order valence-electron chi connectivity index (χ1n) is 15.9. The van der Waals surface area contributed by atoms with Crippen LogP contribution in [-0.2, 0) is 29.8 Å². The number of benzene rings is 2. The van der Waals surface area contributed by atoms with Gasteiger partial charge in [-0.15, -0.1) is 0 Å². The van der Waals surface area contributed by atoms with Gasteiger partial charge in [-0.05, 0) is 80.7 Å². The Hall–Kier alpha value is -2.73. The minimum absolute atomic E-state index is 0.0898. The lowest BCUT2D eigenvalue weighted by atomic mass is 9.55. The highest BCUT2D eigenvalue weighted by molar-refractivity contribution is 7.89. The predicted molar refractivity (Wildman–Crippen MR) is 173 cm³/mol. The summed E-state index contributed by atoms with van der Waals surface area (Å²) in [7, 11) is -3.70. The van der Waals surface area contributed by atoms with Crippen LogP contribution in [0.2, 0.25) is 10.0 Å². The summed E-state index contributed by atoms with van der Waals surface area (Å²) in [6, 6.07) is 9.00. The van der Waals surface area contributed by atoms with E-state index in [0.29, 0.717) is 67.6 Å². The van der Waals surface area contributed by atoms with Crippen molar-refractivity contribution >= 4 is 56.6 Å². The maximum atomic E-state index is 16.2. The van der Waals surface area contributed by atoms with Gasteiger partial charge in [-0.25, -0.2) is 12.8 Å². The van der Waals surface area contributed by atoms with E-state index in [2.05, 4.69) is 20.7 Å². The van der Waals surface area contributed by atoms with Gasteiger partial charge in [0, 0.05) is 27.7 Å². The molecule has 5 fully saturated rings. The van der Waals surface area contributed by atoms with Crippen LogP contribution in [-0.4, -0.2) is 49.5 Å². The van der Waals surface area contributed by atoms with E-state index >= 15 is 4.39 Å². The highest BCUT2D eigenvalue weighted by atomic mass is 35.5. The zero-order valence-corrected chi connectivity index (χ0v) is 27.8. The Morgan fingerprint density at radius 1 is 0.957 bits per heavy atom. The Balaban J connectivity index is 1.29. The average molecular weight is 692 g/mol. The molecule has 13 heteroatoms. The molecular formula is C33H37Cl2FN4O5S. The molecule has 2 aromatic carbocycles. The van der Waals surface area contributed by atoms with Crippen LogP contribution in [0.1, 0.15) is 87.7 Å². The molecule has 3 amide bonds. The van der Waals surface area contributed by atoms with Crippen molar-refractivity contribution in [3.05, 3.63) is 63.4 Å². The highest BCUT2D eigenvalue weighted by Crippen LogP contribution is 2.63. The number of halogens is 3. The molecule has 3 atom stereocenters. The van der Waals surface area contributed by atoms with Crippen LogP contribution < -0.4 is 20.7 Å². The second kappa shape index (κ2) is 10.9. The van der Waals surface area contributed by atoms with Crippen molar-refractivity contribution in [2.75, 3.05) is 11.6 Å². The van der Waals surface area contributed by atoms with Crippen molar-refractivity contribution in [2.45, 2.75) is 99.1 Å². The summed E-state index contributed by atoms with van der Waals surface area (Å²) in [5.41, 5.74) is -2.13. The fourth-order valence-electron chi connectivity index (χ4n) is 9.55. The van der Waals surface area contributed by atoms with Gasteiger partial charge in [0.1, 0.15) is 11.2 Å². The number of hydrogen-bond acceptors (Lipinski definition) is 6. The third-order valence-corrected chi connectivity index (χ3v) is 12.8. The number of fused-ring (bicyclic) bond motifs is 6. The average Bonchev–Trinajstić information content (AvgIpc) is 3.46. The van der Waals surface area contributed by atoms with Gasteiger partial charge in [-0.1, -0.05) is 60.7 Å². The number of sulfonamides is 1. The molecule has 2 spiro atoms. The molecule has 0 radical (unpaired) electrons. The fraction of sp³-hybridized carbons (Fsp3) is 0.545. The van der Waals surface area contributed by atoms with E-state index in [1.165, 1.54) is 6.07 Å². The monoisotopic (exact) mass is 690 g/mol. The molecule has 2 bridgehead atoms. The van der Waals surface area contributed by atoms with Crippen LogP contribution in [0.25, 0.3) is 0 Å². The van der Waals surface area contributed by atoms with E-state index in [9.17, 15) is 22.8 Å². The number of anilines is 1. The molecule has 2 heterocycles. The molecule has 8 rings (SSSR count). The fourth-order valence-corrected chi connectivity index (χ4v) is 10.5. The summed E-state index contributed by atoms with van der Waals surface area (Å²) in [5, 5.41) is 10.4. The van der Waals surface area contributed by atoms with Gasteiger partial charge < -0.3 is 10.6 Å². The summed E-state index contributed by atoms with van der Waals surface area (Å²) < 4.78 is 41.9. The quantitative estimate of drug-likeness (QED) is 0.347. The van der Waals surface area contributed by atoms with Crippen molar-refractivity contribution in [3.63, 3.8) is 0 Å². The van der Waals surface area contributed by atoms with Crippen LogP contribution in [0.5, 0.6) is 0 Å². The SMILES string of the molecule is CS(=O)(=O)NC(=O)C12CCC(NC(=O)C3NC4(CCCCC4)C4(C(=O)Nc5cc(Cl)ccc54)C3c3cccc(Cl)c3F)(CC1)CC2. The summed E-state index contributed by atoms with van der Waals surface area (Å²) in [6.45, 7) is 0. The Labute approximate surface area is 277 Å². The first-order chi connectivity index (χ1) is 21.7. The lowest BCUT2D eigenvalue weighted by Gasteiger charge is -2.52. The Kier molecular flexibility index (Phi) is 7.55. The molecule has 4 aliphatic carbocycles. The third kappa shape index (κ3) is 4.70. The molecule has 3 unspecified atom stereocenters. The maximum absolute atomic E-state index is 16.2. The lowest BCUT2D eigenvalue weighted by molar-refractivity contribution is -0.138. The number of rotatable bonds is 5. The Morgan fingerprint density at radius 3 is 2.28 bits per heavy atom. The topological polar surface area (TPSA) is 133 Å². The van der Waals surface area contributed by atoms with Gasteiger partial charge in [0.2, 0.25) is 27.7 Å². The summed E-state index contributed by atoms with van der Waals surface area (Å²) in [5.74, 6) is -2.72. The minimum Gasteiger partial charge on any atom is -0.349 e. The van der Waals surface area contributed by atoms with E-state index in [1.807, 2.05) is 6.07 Å². The summed E-state index contributed by atoms with van der Waals surface area (Å²) >= 11 is 12.7. The molecule has 4 N–H and O–H groups in total. The molecule has 6 aliphatic rings. The number of nitrogens with one attached hydrogen (secondary N) is 4. The number of amides is 3. The molecule has 46 heavy (non-hydrogen) atoms. The summed E-state index contributed by atoms with van der Waals surface area (Å²) in [6.07, 6.45) is 7.66. The van der Waals surface area contributed by atoms with Crippen LogP contribution in [0.15, 0.2) is 36.4 Å². The highest BCUT2D eigenvalue weighted by Gasteiger charge is 2.72. The number of carbonyl (C=O) groups is 3. The van der Waals surface area contributed by atoms with E-state index in [-0.39, 0.29) is 22.4 Å². The van der Waals surface area contributed by atoms with Crippen molar-refractivity contribution in [1.82, 2.24) is 15.4 Å². The van der Waals surface area contributed by atoms with Crippen LogP contribution in [0.3, 0.4) is 0 Å². The molecule has 4 saturated carbocycles. The molecule has 1 saturated heterocycles. The molecule has 246 valence electrons. The first-order valence-corrected chi connectivity index (χ1v) is 18.6. The zero-order valence-electron chi connectivity index (χ0n) is 25.5. The largest absolute Gasteiger partial charge is 0.349 e. The number of carbonyl (C=O) groups excluding carboxylic acids is 3. The van der Waals surface area contributed by atoms with Gasteiger partial charge in [0.05, 0.1) is 22.7 Å². The van der Waals surface area contributed by atoms with Gasteiger partial charge >= 0.3 is 0 Å². The molecular weight excluding hydrogens is 654 g/mol. The van der Waals surface area contributed by atoms with E-state index < -0.39 is 55.6 Å². The zero-order chi connectivity index (χ0) is 32.7. The minimum atomic E-state index is -3.70. The molecule has 9 nitrogen and oxygen atoms in total. The Bertz CT molecular complexity index is 1740. The van der Waals surface area contributed by atoms with Crippen LogP contribution in [0.4, 0.5) is 10.1 Å². The Morgan fingerprint density at radius 2 is 1.63 bits per heavy atom. The van der Waals surface area contributed by atoms with Crippen molar-refractivity contribution in [2.24, 2.45) is 5.41 Å². The molecule has 0 aromatic heterocycles. The summed E-state index contributed by atoms with van der Waals surface area (Å²) in [4.78, 5) is 42.2. The van der Waals surface area contributed by atoms with Crippen molar-refractivity contribution in [1.29, 1.82) is 0 Å². The lowest BCUT2D eigenvalue weighted by Crippen LogP contribution is -2.63. The first kappa shape index (κ1) is 31.8. The molecule has 2 aromatic rings. The van der Waals surface area contributed by atoms with Gasteiger partial charge in [-0.3, -0.25) is 24.4 Å². The number of hydrogen-bond donors (Lipinski definition) is 4. The van der Waals surface area contributed by atoms with E-state index in [1.54, 1.807) is 24.3 Å². The van der Waals surface area contributed by atoms with Crippen molar-refractivity contribution in [3.8, 4) is 0 Å². The van der Waals surface area contributed by atoms with E-state index in [4.69, 9.17) is 23.2 Å². The van der Waals surface area contributed by atoms with Crippen molar-refractivity contribution < 1.29 is 27.2 Å². The normalized spacial score (nSPS) is 32.7. The predicted octanol–water partition coefficient (Wildman–Crippen LogP) is 5.07. The van der Waals surface area contributed by atoms with Gasteiger partial charge in [0.15, 0.2) is 0 Å². The van der Waals surface area contributed by atoms with E-state index in [0.717, 1.165) is 25.5 Å². The van der Waals surface area contributed by atoms with Crippen LogP contribution >= 0.6 is 23.2 Å². The maximum Gasteiger partial charge on any atom is 0.239 e. The third-order valence-electron chi connectivity index (χ3n) is 11.7. The molecule has 2 aliphatic heterocycles. The standard InChI is InChI=1S/C33H37Cl2FN4O5S/c1-46(44,45)40-28(42)30-12-15-31(16-13-30,17-14-30)39-27(41)26-24(20-6-5-7-22(35)25(20)36)33(32(38-26)10-3-2-4-11-32)21-9-8-19(34)18-23(21)37-29(33)43/h5-9,18,24,26,38H,2-4,10-17H2,1H3,(H,37,43)(H,39,41)(H,40,42). The van der Waals surface area contributed by atoms with Gasteiger partial charge in [-0.2, -0.15) is 0 Å².